The van der Waals surface area contributed by atoms with Crippen LogP contribution in [0.1, 0.15) is 47.7 Å². The van der Waals surface area contributed by atoms with E-state index in [0.717, 1.165) is 18.6 Å². The number of carbonyl (C=O) groups excluding carboxylic acids is 1. The minimum absolute atomic E-state index is 0.187. The molecule has 0 spiro atoms. The number of hydrogen-bond acceptors (Lipinski definition) is 2. The molecule has 1 aliphatic rings. The highest BCUT2D eigenvalue weighted by atomic mass is 19.4. The van der Waals surface area contributed by atoms with Gasteiger partial charge in [0.05, 0.1) is 11.6 Å². The third-order valence-electron chi connectivity index (χ3n) is 4.20. The van der Waals surface area contributed by atoms with Crippen molar-refractivity contribution >= 4 is 12.0 Å². The van der Waals surface area contributed by atoms with Crippen LogP contribution in [0.25, 0.3) is 0 Å². The average molecular weight is 344 g/mol. The summed E-state index contributed by atoms with van der Waals surface area (Å²) >= 11 is 0. The van der Waals surface area contributed by atoms with Crippen LogP contribution >= 0.6 is 0 Å². The van der Waals surface area contributed by atoms with E-state index in [-0.39, 0.29) is 24.1 Å². The molecule has 0 radical (unpaired) electrons. The van der Waals surface area contributed by atoms with E-state index in [1.54, 1.807) is 6.92 Å². The van der Waals surface area contributed by atoms with Crippen molar-refractivity contribution in [3.05, 3.63) is 34.9 Å². The summed E-state index contributed by atoms with van der Waals surface area (Å²) in [5.74, 6) is -0.482. The largest absolute Gasteiger partial charge is 0.465 e. The lowest BCUT2D eigenvalue weighted by Crippen LogP contribution is -2.48. The van der Waals surface area contributed by atoms with Gasteiger partial charge in [0.25, 0.3) is 5.91 Å². The molecule has 5 nitrogen and oxygen atoms in total. The molecule has 24 heavy (non-hydrogen) atoms. The van der Waals surface area contributed by atoms with E-state index in [2.05, 4.69) is 10.6 Å². The van der Waals surface area contributed by atoms with Crippen molar-refractivity contribution < 1.29 is 27.9 Å². The highest BCUT2D eigenvalue weighted by Crippen LogP contribution is 2.31. The maximum atomic E-state index is 12.8. The number of alkyl halides is 3. The Kier molecular flexibility index (Phi) is 5.36. The van der Waals surface area contributed by atoms with Gasteiger partial charge in [-0.1, -0.05) is 6.92 Å². The highest BCUT2D eigenvalue weighted by Gasteiger charge is 2.33. The lowest BCUT2D eigenvalue weighted by molar-refractivity contribution is -0.137. The maximum Gasteiger partial charge on any atom is 0.416 e. The van der Waals surface area contributed by atoms with E-state index in [1.165, 1.54) is 6.07 Å². The van der Waals surface area contributed by atoms with Crippen LogP contribution in [0.3, 0.4) is 0 Å². The Bertz CT molecular complexity index is 631. The third kappa shape index (κ3) is 4.18. The van der Waals surface area contributed by atoms with Crippen LogP contribution in [-0.4, -0.2) is 29.2 Å². The molecule has 1 aliphatic carbocycles. The standard InChI is InChI=1S/C16H19F3N2O3/c1-2-9-8-10(16(17,18)19)6-7-11(9)14(22)20-12-4-3-5-13(12)21-15(23)24/h6-8,12-13,21H,2-5H2,1H3,(H,20,22)(H,23,24)/t12-,13+/m0/s1. The van der Waals surface area contributed by atoms with Gasteiger partial charge < -0.3 is 15.7 Å². The van der Waals surface area contributed by atoms with Crippen molar-refractivity contribution in [3.8, 4) is 0 Å². The van der Waals surface area contributed by atoms with E-state index in [4.69, 9.17) is 5.11 Å². The Balaban J connectivity index is 2.16. The number of aryl methyl sites for hydroxylation is 1. The van der Waals surface area contributed by atoms with Gasteiger partial charge in [-0.05, 0) is 49.4 Å². The monoisotopic (exact) mass is 344 g/mol. The van der Waals surface area contributed by atoms with Crippen molar-refractivity contribution in [1.82, 2.24) is 10.6 Å². The van der Waals surface area contributed by atoms with Gasteiger partial charge >= 0.3 is 12.3 Å². The minimum atomic E-state index is -4.46. The lowest BCUT2D eigenvalue weighted by atomic mass is 10.0. The molecule has 0 bridgehead atoms. The van der Waals surface area contributed by atoms with E-state index in [9.17, 15) is 22.8 Å². The predicted octanol–water partition coefficient (Wildman–Crippen LogP) is 3.19. The fourth-order valence-corrected chi connectivity index (χ4v) is 2.99. The van der Waals surface area contributed by atoms with Gasteiger partial charge in [0.15, 0.2) is 0 Å². The molecule has 1 aromatic carbocycles. The molecule has 0 saturated heterocycles. The summed E-state index contributed by atoms with van der Waals surface area (Å²) in [4.78, 5) is 23.2. The Hall–Kier alpha value is -2.25. The van der Waals surface area contributed by atoms with Crippen molar-refractivity contribution in [2.75, 3.05) is 0 Å². The predicted molar refractivity (Wildman–Crippen MR) is 80.9 cm³/mol. The van der Waals surface area contributed by atoms with Crippen molar-refractivity contribution in [3.63, 3.8) is 0 Å². The van der Waals surface area contributed by atoms with Crippen LogP contribution in [0.4, 0.5) is 18.0 Å². The van der Waals surface area contributed by atoms with Crippen LogP contribution in [0.5, 0.6) is 0 Å². The first kappa shape index (κ1) is 18.1. The Morgan fingerprint density at radius 3 is 2.38 bits per heavy atom. The van der Waals surface area contributed by atoms with Gasteiger partial charge in [0.2, 0.25) is 0 Å². The molecule has 0 unspecified atom stereocenters. The molecule has 2 amide bonds. The molecule has 0 heterocycles. The number of carboxylic acid groups (broad SMARTS) is 1. The van der Waals surface area contributed by atoms with Crippen LogP contribution in [-0.2, 0) is 12.6 Å². The second-order valence-electron chi connectivity index (χ2n) is 5.79. The number of benzene rings is 1. The summed E-state index contributed by atoms with van der Waals surface area (Å²) in [6, 6.07) is 2.30. The molecule has 1 saturated carbocycles. The van der Waals surface area contributed by atoms with Gasteiger partial charge in [-0.25, -0.2) is 4.79 Å². The molecule has 1 fully saturated rings. The molecule has 2 atom stereocenters. The SMILES string of the molecule is CCc1cc(C(F)(F)F)ccc1C(=O)N[C@H]1CCC[C@H]1NC(=O)O. The van der Waals surface area contributed by atoms with Crippen molar-refractivity contribution in [1.29, 1.82) is 0 Å². The molecule has 8 heteroatoms. The van der Waals surface area contributed by atoms with Gasteiger partial charge in [0, 0.05) is 11.6 Å². The van der Waals surface area contributed by atoms with Crippen molar-refractivity contribution in [2.45, 2.75) is 50.9 Å². The zero-order valence-corrected chi connectivity index (χ0v) is 13.1. The zero-order chi connectivity index (χ0) is 17.9. The molecule has 132 valence electrons. The van der Waals surface area contributed by atoms with Gasteiger partial charge in [-0.15, -0.1) is 0 Å². The van der Waals surface area contributed by atoms with E-state index in [1.807, 2.05) is 0 Å². The Morgan fingerprint density at radius 2 is 1.83 bits per heavy atom. The van der Waals surface area contributed by atoms with Gasteiger partial charge in [0.1, 0.15) is 0 Å². The topological polar surface area (TPSA) is 78.4 Å². The summed E-state index contributed by atoms with van der Waals surface area (Å²) in [5.41, 5.74) is -0.295. The molecule has 1 aromatic rings. The zero-order valence-electron chi connectivity index (χ0n) is 13.1. The van der Waals surface area contributed by atoms with Crippen LogP contribution in [0.15, 0.2) is 18.2 Å². The molecular formula is C16H19F3N2O3. The second-order valence-corrected chi connectivity index (χ2v) is 5.79. The molecule has 2 rings (SSSR count). The first-order valence-corrected chi connectivity index (χ1v) is 7.72. The average Bonchev–Trinajstić information content (AvgIpc) is 2.91. The van der Waals surface area contributed by atoms with E-state index < -0.39 is 23.7 Å². The first-order chi connectivity index (χ1) is 11.2. The second kappa shape index (κ2) is 7.11. The van der Waals surface area contributed by atoms with Crippen LogP contribution < -0.4 is 10.6 Å². The first-order valence-electron chi connectivity index (χ1n) is 7.72. The summed E-state index contributed by atoms with van der Waals surface area (Å²) in [5, 5.41) is 13.9. The normalized spacial score (nSPS) is 20.7. The minimum Gasteiger partial charge on any atom is -0.465 e. The van der Waals surface area contributed by atoms with Gasteiger partial charge in [-0.3, -0.25) is 4.79 Å². The molecule has 0 aromatic heterocycles. The molecule has 3 N–H and O–H groups in total. The van der Waals surface area contributed by atoms with E-state index in [0.29, 0.717) is 18.4 Å². The number of nitrogens with one attached hydrogen (secondary N) is 2. The summed E-state index contributed by atoms with van der Waals surface area (Å²) in [6.07, 6.45) is -3.33. The Morgan fingerprint density at radius 1 is 1.21 bits per heavy atom. The van der Waals surface area contributed by atoms with Crippen LogP contribution in [0, 0.1) is 0 Å². The number of halogens is 3. The number of amides is 2. The van der Waals surface area contributed by atoms with Crippen molar-refractivity contribution in [2.24, 2.45) is 0 Å². The lowest BCUT2D eigenvalue weighted by Gasteiger charge is -2.21. The quantitative estimate of drug-likeness (QED) is 0.785. The van der Waals surface area contributed by atoms with Crippen LogP contribution in [0.2, 0.25) is 0 Å². The summed E-state index contributed by atoms with van der Waals surface area (Å²) in [6.45, 7) is 1.68. The molecular weight excluding hydrogens is 325 g/mol. The molecule has 0 aliphatic heterocycles. The number of rotatable bonds is 4. The van der Waals surface area contributed by atoms with E-state index >= 15 is 0 Å². The third-order valence-corrected chi connectivity index (χ3v) is 4.20. The van der Waals surface area contributed by atoms with Gasteiger partial charge in [-0.2, -0.15) is 13.2 Å². The fraction of sp³-hybridized carbons (Fsp3) is 0.500. The number of carbonyl (C=O) groups is 2. The number of hydrogen-bond donors (Lipinski definition) is 3. The Labute approximate surface area is 137 Å². The summed E-state index contributed by atoms with van der Waals surface area (Å²) < 4.78 is 38.3. The smallest absolute Gasteiger partial charge is 0.416 e. The highest BCUT2D eigenvalue weighted by molar-refractivity contribution is 5.96. The maximum absolute atomic E-state index is 12.8. The summed E-state index contributed by atoms with van der Waals surface area (Å²) in [7, 11) is 0. The fourth-order valence-electron chi connectivity index (χ4n) is 2.99.